The standard InChI is InChI=1S/C10H16O2/c1-6-5-8(11)7(2)10(3,4)9(6)12/h5,7,9,12H,1-4H3. The Kier molecular flexibility index (Phi) is 2.13. The minimum Gasteiger partial charge on any atom is -0.388 e. The van der Waals surface area contributed by atoms with Gasteiger partial charge in [0.15, 0.2) is 5.78 Å². The number of rotatable bonds is 0. The number of hydrogen-bond donors (Lipinski definition) is 1. The van der Waals surface area contributed by atoms with E-state index in [4.69, 9.17) is 0 Å². The van der Waals surface area contributed by atoms with Gasteiger partial charge >= 0.3 is 0 Å². The van der Waals surface area contributed by atoms with E-state index in [2.05, 4.69) is 0 Å². The molecule has 0 aromatic carbocycles. The summed E-state index contributed by atoms with van der Waals surface area (Å²) in [5, 5.41) is 9.77. The van der Waals surface area contributed by atoms with Crippen LogP contribution in [0.25, 0.3) is 0 Å². The Morgan fingerprint density at radius 2 is 2.00 bits per heavy atom. The monoisotopic (exact) mass is 168 g/mol. The fourth-order valence-corrected chi connectivity index (χ4v) is 1.62. The zero-order chi connectivity index (χ0) is 9.52. The normalized spacial score (nSPS) is 34.8. The summed E-state index contributed by atoms with van der Waals surface area (Å²) >= 11 is 0. The third kappa shape index (κ3) is 1.20. The number of ketones is 1. The summed E-state index contributed by atoms with van der Waals surface area (Å²) in [6.45, 7) is 7.53. The van der Waals surface area contributed by atoms with Gasteiger partial charge in [-0.1, -0.05) is 20.8 Å². The highest BCUT2D eigenvalue weighted by molar-refractivity contribution is 5.94. The van der Waals surface area contributed by atoms with E-state index in [1.807, 2.05) is 20.8 Å². The Bertz CT molecular complexity index is 238. The van der Waals surface area contributed by atoms with Crippen LogP contribution in [0.4, 0.5) is 0 Å². The van der Waals surface area contributed by atoms with Crippen molar-refractivity contribution in [1.29, 1.82) is 0 Å². The van der Waals surface area contributed by atoms with Crippen molar-refractivity contribution in [2.75, 3.05) is 0 Å². The number of aliphatic hydroxyl groups is 1. The van der Waals surface area contributed by atoms with Crippen LogP contribution in [0.1, 0.15) is 27.7 Å². The largest absolute Gasteiger partial charge is 0.388 e. The molecule has 0 amide bonds. The molecule has 2 atom stereocenters. The molecule has 2 nitrogen and oxygen atoms in total. The minimum atomic E-state index is -0.481. The molecular weight excluding hydrogens is 152 g/mol. The van der Waals surface area contributed by atoms with Crippen LogP contribution < -0.4 is 0 Å². The Labute approximate surface area is 73.3 Å². The van der Waals surface area contributed by atoms with Crippen LogP contribution in [0, 0.1) is 11.3 Å². The van der Waals surface area contributed by atoms with E-state index in [1.54, 1.807) is 13.0 Å². The zero-order valence-corrected chi connectivity index (χ0v) is 8.09. The fraction of sp³-hybridized carbons (Fsp3) is 0.700. The van der Waals surface area contributed by atoms with Crippen LogP contribution in [0.2, 0.25) is 0 Å². The summed E-state index contributed by atoms with van der Waals surface area (Å²) in [5.74, 6) is 0.0407. The molecule has 12 heavy (non-hydrogen) atoms. The molecule has 0 radical (unpaired) electrons. The smallest absolute Gasteiger partial charge is 0.159 e. The van der Waals surface area contributed by atoms with Crippen molar-refractivity contribution in [3.8, 4) is 0 Å². The first-order valence-electron chi connectivity index (χ1n) is 4.27. The third-order valence-corrected chi connectivity index (χ3v) is 3.05. The van der Waals surface area contributed by atoms with Gasteiger partial charge in [0.05, 0.1) is 6.10 Å². The molecule has 0 heterocycles. The Morgan fingerprint density at radius 1 is 1.50 bits per heavy atom. The van der Waals surface area contributed by atoms with Gasteiger partial charge < -0.3 is 5.11 Å². The van der Waals surface area contributed by atoms with Crippen LogP contribution in [-0.4, -0.2) is 17.0 Å². The molecule has 0 aromatic heterocycles. The number of allylic oxidation sites excluding steroid dienone is 1. The van der Waals surface area contributed by atoms with Gasteiger partial charge in [0.25, 0.3) is 0 Å². The second-order valence-electron chi connectivity index (χ2n) is 4.24. The van der Waals surface area contributed by atoms with Crippen LogP contribution in [0.5, 0.6) is 0 Å². The molecule has 1 aliphatic rings. The third-order valence-electron chi connectivity index (χ3n) is 3.05. The van der Waals surface area contributed by atoms with E-state index in [-0.39, 0.29) is 17.1 Å². The lowest BCUT2D eigenvalue weighted by Crippen LogP contribution is -2.43. The average molecular weight is 168 g/mol. The highest BCUT2D eigenvalue weighted by atomic mass is 16.3. The van der Waals surface area contributed by atoms with Crippen molar-refractivity contribution in [3.63, 3.8) is 0 Å². The van der Waals surface area contributed by atoms with Crippen molar-refractivity contribution >= 4 is 5.78 Å². The molecule has 0 bridgehead atoms. The van der Waals surface area contributed by atoms with E-state index >= 15 is 0 Å². The lowest BCUT2D eigenvalue weighted by atomic mass is 9.68. The van der Waals surface area contributed by atoms with Gasteiger partial charge in [0.1, 0.15) is 0 Å². The predicted molar refractivity (Wildman–Crippen MR) is 47.7 cm³/mol. The van der Waals surface area contributed by atoms with E-state index < -0.39 is 6.10 Å². The van der Waals surface area contributed by atoms with E-state index in [1.165, 1.54) is 0 Å². The highest BCUT2D eigenvalue weighted by Crippen LogP contribution is 2.38. The molecule has 68 valence electrons. The summed E-state index contributed by atoms with van der Waals surface area (Å²) < 4.78 is 0. The van der Waals surface area contributed by atoms with Crippen LogP contribution in [-0.2, 0) is 4.79 Å². The van der Waals surface area contributed by atoms with E-state index in [0.717, 1.165) is 5.57 Å². The molecule has 1 N–H and O–H groups in total. The minimum absolute atomic E-state index is 0.0869. The SMILES string of the molecule is CC1=CC(=O)C(C)C(C)(C)C1O. The molecule has 0 spiro atoms. The van der Waals surface area contributed by atoms with E-state index in [9.17, 15) is 9.90 Å². The van der Waals surface area contributed by atoms with E-state index in [0.29, 0.717) is 0 Å². The number of aliphatic hydroxyl groups excluding tert-OH is 1. The van der Waals surface area contributed by atoms with Gasteiger partial charge in [0, 0.05) is 11.3 Å². The van der Waals surface area contributed by atoms with Gasteiger partial charge in [-0.15, -0.1) is 0 Å². The van der Waals surface area contributed by atoms with Crippen molar-refractivity contribution in [3.05, 3.63) is 11.6 Å². The van der Waals surface area contributed by atoms with Crippen LogP contribution in [0.15, 0.2) is 11.6 Å². The second kappa shape index (κ2) is 2.70. The first-order valence-corrected chi connectivity index (χ1v) is 4.27. The molecule has 0 fully saturated rings. The first kappa shape index (κ1) is 9.46. The maximum absolute atomic E-state index is 11.4. The fourth-order valence-electron chi connectivity index (χ4n) is 1.62. The van der Waals surface area contributed by atoms with Crippen molar-refractivity contribution in [1.82, 2.24) is 0 Å². The lowest BCUT2D eigenvalue weighted by molar-refractivity contribution is -0.125. The number of carbonyl (C=O) groups is 1. The summed E-state index contributed by atoms with van der Waals surface area (Å²) in [6, 6.07) is 0. The van der Waals surface area contributed by atoms with Crippen LogP contribution >= 0.6 is 0 Å². The summed E-state index contributed by atoms with van der Waals surface area (Å²) in [5.41, 5.74) is 0.457. The predicted octanol–water partition coefficient (Wildman–Crippen LogP) is 1.54. The molecule has 0 saturated heterocycles. The van der Waals surface area contributed by atoms with Crippen molar-refractivity contribution < 1.29 is 9.90 Å². The molecule has 0 saturated carbocycles. The maximum Gasteiger partial charge on any atom is 0.159 e. The summed E-state index contributed by atoms with van der Waals surface area (Å²) in [7, 11) is 0. The summed E-state index contributed by atoms with van der Waals surface area (Å²) in [6.07, 6.45) is 1.07. The lowest BCUT2D eigenvalue weighted by Gasteiger charge is -2.38. The van der Waals surface area contributed by atoms with Crippen LogP contribution in [0.3, 0.4) is 0 Å². The first-order chi connectivity index (χ1) is 5.37. The molecule has 1 aliphatic carbocycles. The quantitative estimate of drug-likeness (QED) is 0.595. The molecular formula is C10H16O2. The Hall–Kier alpha value is -0.630. The van der Waals surface area contributed by atoms with Gasteiger partial charge in [-0.05, 0) is 18.6 Å². The summed E-state index contributed by atoms with van der Waals surface area (Å²) in [4.78, 5) is 11.4. The Morgan fingerprint density at radius 3 is 2.50 bits per heavy atom. The van der Waals surface area contributed by atoms with Gasteiger partial charge in [-0.2, -0.15) is 0 Å². The van der Waals surface area contributed by atoms with Gasteiger partial charge in [0.2, 0.25) is 0 Å². The molecule has 1 rings (SSSR count). The van der Waals surface area contributed by atoms with Gasteiger partial charge in [-0.3, -0.25) is 4.79 Å². The maximum atomic E-state index is 11.4. The Balaban J connectivity index is 3.09. The average Bonchev–Trinajstić information content (AvgIpc) is 1.99. The highest BCUT2D eigenvalue weighted by Gasteiger charge is 2.41. The topological polar surface area (TPSA) is 37.3 Å². The number of carbonyl (C=O) groups excluding carboxylic acids is 1. The molecule has 0 aromatic rings. The molecule has 0 aliphatic heterocycles. The number of hydrogen-bond acceptors (Lipinski definition) is 2. The second-order valence-corrected chi connectivity index (χ2v) is 4.24. The van der Waals surface area contributed by atoms with Crippen molar-refractivity contribution in [2.45, 2.75) is 33.8 Å². The van der Waals surface area contributed by atoms with Gasteiger partial charge in [-0.25, -0.2) is 0 Å². The molecule has 2 heteroatoms. The zero-order valence-electron chi connectivity index (χ0n) is 8.09. The molecule has 2 unspecified atom stereocenters. The van der Waals surface area contributed by atoms with Crippen molar-refractivity contribution in [2.24, 2.45) is 11.3 Å².